The summed E-state index contributed by atoms with van der Waals surface area (Å²) in [5.41, 5.74) is 3.70. The van der Waals surface area contributed by atoms with Gasteiger partial charge in [0.05, 0.1) is 12.8 Å². The Morgan fingerprint density at radius 1 is 0.536 bits per heavy atom. The van der Waals surface area contributed by atoms with Gasteiger partial charge in [-0.05, 0) is 23.3 Å². The predicted molar refractivity (Wildman–Crippen MR) is 107 cm³/mol. The van der Waals surface area contributed by atoms with Crippen LogP contribution in [0.15, 0.2) is 84.9 Å². The Morgan fingerprint density at radius 2 is 0.964 bits per heavy atom. The van der Waals surface area contributed by atoms with Crippen LogP contribution in [0.25, 0.3) is 22.3 Å². The minimum Gasteiger partial charge on any atom is -0.426 e. The molecule has 138 valence electrons. The van der Waals surface area contributed by atoms with Gasteiger partial charge in [-0.1, -0.05) is 72.8 Å². The SMILES string of the molecule is O=C(CCC(=O)Oc1ccc2cccccc1-2)Oc1ccc2cccccc1-2. The Bertz CT molecular complexity index is 983. The molecule has 0 amide bonds. The Kier molecular flexibility index (Phi) is 5.02. The smallest absolute Gasteiger partial charge is 0.311 e. The summed E-state index contributed by atoms with van der Waals surface area (Å²) >= 11 is 0. The molecule has 0 atom stereocenters. The summed E-state index contributed by atoms with van der Waals surface area (Å²) in [7, 11) is 0. The van der Waals surface area contributed by atoms with Crippen LogP contribution in [0.5, 0.6) is 11.5 Å². The summed E-state index contributed by atoms with van der Waals surface area (Å²) in [4.78, 5) is 24.3. The van der Waals surface area contributed by atoms with Gasteiger partial charge >= 0.3 is 11.9 Å². The molecule has 4 heteroatoms. The van der Waals surface area contributed by atoms with Crippen LogP contribution in [-0.2, 0) is 9.59 Å². The van der Waals surface area contributed by atoms with E-state index in [1.165, 1.54) is 0 Å². The molecular weight excluding hydrogens is 352 g/mol. The number of ether oxygens (including phenoxy) is 2. The molecule has 0 aromatic heterocycles. The Balaban J connectivity index is 1.34. The van der Waals surface area contributed by atoms with Crippen LogP contribution in [0, 0.1) is 0 Å². The quantitative estimate of drug-likeness (QED) is 0.454. The molecule has 0 aromatic rings. The molecule has 4 nitrogen and oxygen atoms in total. The fraction of sp³-hybridized carbons (Fsp3) is 0.0833. The van der Waals surface area contributed by atoms with E-state index < -0.39 is 11.9 Å². The van der Waals surface area contributed by atoms with E-state index in [2.05, 4.69) is 0 Å². The van der Waals surface area contributed by atoms with E-state index in [-0.39, 0.29) is 12.8 Å². The topological polar surface area (TPSA) is 52.6 Å². The average Bonchev–Trinajstić information content (AvgIpc) is 3.04. The van der Waals surface area contributed by atoms with E-state index in [0.29, 0.717) is 11.5 Å². The van der Waals surface area contributed by atoms with Crippen molar-refractivity contribution in [3.05, 3.63) is 84.9 Å². The normalized spacial score (nSPS) is 10.7. The van der Waals surface area contributed by atoms with Crippen LogP contribution in [0.4, 0.5) is 0 Å². The molecule has 28 heavy (non-hydrogen) atoms. The lowest BCUT2D eigenvalue weighted by Crippen LogP contribution is -2.14. The second kappa shape index (κ2) is 7.92. The summed E-state index contributed by atoms with van der Waals surface area (Å²) in [6.07, 6.45) is -0.0895. The molecule has 0 aliphatic heterocycles. The molecule has 4 aliphatic carbocycles. The molecule has 0 spiro atoms. The third-order valence-electron chi connectivity index (χ3n) is 4.48. The highest BCUT2D eigenvalue weighted by Crippen LogP contribution is 2.34. The molecule has 0 fully saturated rings. The number of hydrogen-bond donors (Lipinski definition) is 0. The number of fused-ring (bicyclic) bond motifs is 2. The van der Waals surface area contributed by atoms with Gasteiger partial charge in [-0.15, -0.1) is 0 Å². The largest absolute Gasteiger partial charge is 0.426 e. The minimum absolute atomic E-state index is 0.0448. The van der Waals surface area contributed by atoms with Crippen LogP contribution in [0.1, 0.15) is 12.8 Å². The summed E-state index contributed by atoms with van der Waals surface area (Å²) in [6.45, 7) is 0. The molecule has 0 unspecified atom stereocenters. The highest BCUT2D eigenvalue weighted by atomic mass is 16.5. The summed E-state index contributed by atoms with van der Waals surface area (Å²) in [5, 5.41) is 0. The molecule has 0 saturated heterocycles. The van der Waals surface area contributed by atoms with E-state index in [1.54, 1.807) is 12.1 Å². The number of esters is 2. The van der Waals surface area contributed by atoms with Gasteiger partial charge < -0.3 is 9.47 Å². The zero-order chi connectivity index (χ0) is 19.3. The third-order valence-corrected chi connectivity index (χ3v) is 4.48. The van der Waals surface area contributed by atoms with E-state index in [1.807, 2.05) is 72.8 Å². The standard InChI is InChI=1S/C24H18O4/c25-23(27-21-13-11-17-7-3-1-5-9-19(17)21)15-16-24(26)28-22-14-12-18-8-4-2-6-10-20(18)22/h1-14H,15-16H2. The fourth-order valence-electron chi connectivity index (χ4n) is 3.10. The molecule has 0 heterocycles. The second-order valence-corrected chi connectivity index (χ2v) is 6.40. The van der Waals surface area contributed by atoms with Gasteiger partial charge in [-0.3, -0.25) is 9.59 Å². The first kappa shape index (κ1) is 17.7. The Hall–Kier alpha value is -3.66. The van der Waals surface area contributed by atoms with Crippen molar-refractivity contribution in [3.63, 3.8) is 0 Å². The average molecular weight is 370 g/mol. The van der Waals surface area contributed by atoms with Crippen LogP contribution in [0.2, 0.25) is 0 Å². The van der Waals surface area contributed by atoms with Crippen LogP contribution in [-0.4, -0.2) is 11.9 Å². The highest BCUT2D eigenvalue weighted by molar-refractivity contribution is 5.84. The third kappa shape index (κ3) is 3.86. The molecule has 0 radical (unpaired) electrons. The van der Waals surface area contributed by atoms with E-state index in [4.69, 9.17) is 9.47 Å². The summed E-state index contributed by atoms with van der Waals surface area (Å²) < 4.78 is 10.9. The molecule has 0 N–H and O–H groups in total. The van der Waals surface area contributed by atoms with Crippen molar-refractivity contribution in [2.24, 2.45) is 0 Å². The number of hydrogen-bond acceptors (Lipinski definition) is 4. The molecule has 4 rings (SSSR count). The van der Waals surface area contributed by atoms with Gasteiger partial charge in [0.2, 0.25) is 0 Å². The van der Waals surface area contributed by atoms with Gasteiger partial charge in [0.1, 0.15) is 11.5 Å². The van der Waals surface area contributed by atoms with Gasteiger partial charge in [0, 0.05) is 11.1 Å². The zero-order valence-electron chi connectivity index (χ0n) is 15.1. The van der Waals surface area contributed by atoms with Crippen molar-refractivity contribution in [2.75, 3.05) is 0 Å². The lowest BCUT2D eigenvalue weighted by Gasteiger charge is -2.06. The molecule has 0 saturated carbocycles. The second-order valence-electron chi connectivity index (χ2n) is 6.40. The van der Waals surface area contributed by atoms with E-state index >= 15 is 0 Å². The lowest BCUT2D eigenvalue weighted by molar-refractivity contribution is -0.140. The van der Waals surface area contributed by atoms with E-state index in [9.17, 15) is 9.59 Å². The number of carbonyl (C=O) groups excluding carboxylic acids is 2. The van der Waals surface area contributed by atoms with Gasteiger partial charge in [0.25, 0.3) is 0 Å². The number of rotatable bonds is 5. The highest BCUT2D eigenvalue weighted by Gasteiger charge is 2.17. The van der Waals surface area contributed by atoms with Crippen LogP contribution < -0.4 is 9.47 Å². The summed E-state index contributed by atoms with van der Waals surface area (Å²) in [5.74, 6) is 0.0719. The Morgan fingerprint density at radius 3 is 1.43 bits per heavy atom. The molecule has 0 bridgehead atoms. The Labute approximate surface area is 163 Å². The summed E-state index contributed by atoms with van der Waals surface area (Å²) in [6, 6.07) is 26.5. The van der Waals surface area contributed by atoms with Crippen molar-refractivity contribution in [2.45, 2.75) is 12.8 Å². The maximum Gasteiger partial charge on any atom is 0.311 e. The zero-order valence-corrected chi connectivity index (χ0v) is 15.1. The van der Waals surface area contributed by atoms with Gasteiger partial charge in [0.15, 0.2) is 0 Å². The maximum absolute atomic E-state index is 12.2. The first-order chi connectivity index (χ1) is 13.7. The van der Waals surface area contributed by atoms with Crippen LogP contribution in [0.3, 0.4) is 0 Å². The van der Waals surface area contributed by atoms with Gasteiger partial charge in [-0.25, -0.2) is 0 Å². The predicted octanol–water partition coefficient (Wildman–Crippen LogP) is 5.19. The fourth-order valence-corrected chi connectivity index (χ4v) is 3.10. The van der Waals surface area contributed by atoms with Crippen molar-refractivity contribution in [3.8, 4) is 33.8 Å². The molecule has 0 aromatic carbocycles. The first-order valence-electron chi connectivity index (χ1n) is 9.07. The molecular formula is C24H18O4. The monoisotopic (exact) mass is 370 g/mol. The molecule has 4 aliphatic rings. The maximum atomic E-state index is 12.2. The number of carbonyl (C=O) groups is 2. The lowest BCUT2D eigenvalue weighted by atomic mass is 10.2. The van der Waals surface area contributed by atoms with Crippen molar-refractivity contribution in [1.29, 1.82) is 0 Å². The van der Waals surface area contributed by atoms with E-state index in [0.717, 1.165) is 22.3 Å². The van der Waals surface area contributed by atoms with Crippen LogP contribution >= 0.6 is 0 Å². The van der Waals surface area contributed by atoms with Crippen molar-refractivity contribution in [1.82, 2.24) is 0 Å². The van der Waals surface area contributed by atoms with Crippen molar-refractivity contribution >= 4 is 11.9 Å². The minimum atomic E-state index is -0.463. The van der Waals surface area contributed by atoms with Gasteiger partial charge in [-0.2, -0.15) is 0 Å². The van der Waals surface area contributed by atoms with Crippen molar-refractivity contribution < 1.29 is 19.1 Å². The first-order valence-corrected chi connectivity index (χ1v) is 9.07.